The number of hydrogen-bond donors (Lipinski definition) is 0. The Morgan fingerprint density at radius 3 is 2.00 bits per heavy atom. The van der Waals surface area contributed by atoms with Gasteiger partial charge in [0, 0.05) is 28.8 Å². The van der Waals surface area contributed by atoms with Crippen LogP contribution in [0.3, 0.4) is 0 Å². The van der Waals surface area contributed by atoms with Gasteiger partial charge in [0.2, 0.25) is 0 Å². The van der Waals surface area contributed by atoms with Crippen LogP contribution >= 0.6 is 0 Å². The summed E-state index contributed by atoms with van der Waals surface area (Å²) < 4.78 is 15.9. The molecule has 1 aromatic heterocycles. The Hall–Kier alpha value is -4.61. The van der Waals surface area contributed by atoms with E-state index in [0.717, 1.165) is 38.9 Å². The largest absolute Gasteiger partial charge is 0.336 e. The molecule has 1 heterocycles. The van der Waals surface area contributed by atoms with E-state index in [0.29, 0.717) is 6.54 Å². The van der Waals surface area contributed by atoms with Crippen molar-refractivity contribution < 1.29 is 4.39 Å². The molecule has 0 N–H and O–H groups in total. The smallest absolute Gasteiger partial charge is 0.123 e. The van der Waals surface area contributed by atoms with Gasteiger partial charge in [-0.15, -0.1) is 0 Å². The van der Waals surface area contributed by atoms with Gasteiger partial charge in [-0.25, -0.2) is 4.39 Å². The first-order chi connectivity index (χ1) is 17.3. The highest BCUT2D eigenvalue weighted by atomic mass is 19.1. The number of hydrogen-bond acceptors (Lipinski definition) is 0. The molecule has 0 fully saturated rings. The van der Waals surface area contributed by atoms with Crippen molar-refractivity contribution in [2.45, 2.75) is 6.54 Å². The zero-order valence-electron chi connectivity index (χ0n) is 19.1. The monoisotopic (exact) mass is 451 g/mol. The lowest BCUT2D eigenvalue weighted by molar-refractivity contribution is 0.626. The van der Waals surface area contributed by atoms with E-state index in [1.54, 1.807) is 0 Å². The summed E-state index contributed by atoms with van der Waals surface area (Å²) in [5.74, 6) is 6.54. The lowest BCUT2D eigenvalue weighted by Gasteiger charge is -2.12. The highest BCUT2D eigenvalue weighted by Crippen LogP contribution is 2.35. The van der Waals surface area contributed by atoms with Gasteiger partial charge in [0.05, 0.1) is 5.52 Å². The second-order valence-corrected chi connectivity index (χ2v) is 8.63. The molecule has 0 bridgehead atoms. The van der Waals surface area contributed by atoms with Crippen LogP contribution in [0.25, 0.3) is 32.9 Å². The van der Waals surface area contributed by atoms with E-state index >= 15 is 0 Å². The van der Waals surface area contributed by atoms with Crippen LogP contribution in [0.1, 0.15) is 16.7 Å². The zero-order chi connectivity index (χ0) is 23.6. The Morgan fingerprint density at radius 2 is 1.26 bits per heavy atom. The summed E-state index contributed by atoms with van der Waals surface area (Å²) >= 11 is 0. The van der Waals surface area contributed by atoms with Crippen LogP contribution in [0.2, 0.25) is 0 Å². The van der Waals surface area contributed by atoms with Gasteiger partial charge in [-0.1, -0.05) is 96.8 Å². The van der Waals surface area contributed by atoms with E-state index in [1.165, 1.54) is 22.9 Å². The average Bonchev–Trinajstić information content (AvgIpc) is 3.28. The molecule has 1 nitrogen and oxygen atoms in total. The lowest BCUT2D eigenvalue weighted by atomic mass is 10.0. The molecule has 0 spiro atoms. The maximum absolute atomic E-state index is 13.6. The first kappa shape index (κ1) is 21.0. The summed E-state index contributed by atoms with van der Waals surface area (Å²) in [7, 11) is 0. The molecule has 0 radical (unpaired) electrons. The summed E-state index contributed by atoms with van der Waals surface area (Å²) in [5.41, 5.74) is 6.42. The maximum atomic E-state index is 13.6. The topological polar surface area (TPSA) is 4.93 Å². The molecule has 0 amide bonds. The summed E-state index contributed by atoms with van der Waals surface area (Å²) in [5, 5.41) is 3.51. The highest BCUT2D eigenvalue weighted by molar-refractivity contribution is 6.11. The standard InChI is InChI=1S/C33H22FN/c34-28-19-16-25(17-20-28)23-35-32(26-11-5-2-6-12-26)22-31-30-14-8-7-13-29(30)27(21-33(31)35)18-15-24-9-3-1-4-10-24/h1-14,16-17,19-22H,23H2. The number of benzene rings is 5. The van der Waals surface area contributed by atoms with E-state index in [1.807, 2.05) is 48.5 Å². The van der Waals surface area contributed by atoms with Crippen LogP contribution in [-0.4, -0.2) is 4.57 Å². The van der Waals surface area contributed by atoms with Crippen LogP contribution in [-0.2, 0) is 6.54 Å². The second kappa shape index (κ2) is 8.97. The fourth-order valence-corrected chi connectivity index (χ4v) is 4.66. The van der Waals surface area contributed by atoms with Crippen molar-refractivity contribution in [3.05, 3.63) is 144 Å². The van der Waals surface area contributed by atoms with Crippen molar-refractivity contribution in [3.8, 4) is 23.1 Å². The van der Waals surface area contributed by atoms with Crippen LogP contribution < -0.4 is 0 Å². The fourth-order valence-electron chi connectivity index (χ4n) is 4.66. The van der Waals surface area contributed by atoms with Crippen molar-refractivity contribution in [1.82, 2.24) is 4.57 Å². The molecule has 5 aromatic carbocycles. The Balaban J connectivity index is 1.62. The number of halogens is 1. The Kier molecular flexibility index (Phi) is 5.37. The molecular formula is C33H22FN. The highest BCUT2D eigenvalue weighted by Gasteiger charge is 2.15. The van der Waals surface area contributed by atoms with Crippen molar-refractivity contribution >= 4 is 21.7 Å². The van der Waals surface area contributed by atoms with Crippen molar-refractivity contribution in [2.75, 3.05) is 0 Å². The van der Waals surface area contributed by atoms with Gasteiger partial charge in [-0.3, -0.25) is 0 Å². The van der Waals surface area contributed by atoms with Gasteiger partial charge < -0.3 is 4.57 Å². The zero-order valence-corrected chi connectivity index (χ0v) is 19.1. The third-order valence-corrected chi connectivity index (χ3v) is 6.37. The van der Waals surface area contributed by atoms with Gasteiger partial charge >= 0.3 is 0 Å². The van der Waals surface area contributed by atoms with E-state index in [-0.39, 0.29) is 5.82 Å². The first-order valence-electron chi connectivity index (χ1n) is 11.7. The molecule has 0 unspecified atom stereocenters. The molecular weight excluding hydrogens is 429 g/mol. The van der Waals surface area contributed by atoms with E-state index < -0.39 is 0 Å². The van der Waals surface area contributed by atoms with Crippen LogP contribution in [0.4, 0.5) is 4.39 Å². The van der Waals surface area contributed by atoms with E-state index in [4.69, 9.17) is 0 Å². The fraction of sp³-hybridized carbons (Fsp3) is 0.0303. The second-order valence-electron chi connectivity index (χ2n) is 8.63. The molecule has 0 saturated carbocycles. The third kappa shape index (κ3) is 4.09. The van der Waals surface area contributed by atoms with Crippen LogP contribution in [0.5, 0.6) is 0 Å². The molecule has 0 atom stereocenters. The lowest BCUT2D eigenvalue weighted by Crippen LogP contribution is -2.02. The Morgan fingerprint density at radius 1 is 0.600 bits per heavy atom. The molecule has 6 rings (SSSR count). The molecule has 35 heavy (non-hydrogen) atoms. The molecule has 2 heteroatoms. The Labute approximate surface area is 204 Å². The first-order valence-corrected chi connectivity index (χ1v) is 11.7. The van der Waals surface area contributed by atoms with Crippen LogP contribution in [0.15, 0.2) is 121 Å². The summed E-state index contributed by atoms with van der Waals surface area (Å²) in [6.45, 7) is 0.637. The van der Waals surface area contributed by atoms with Gasteiger partial charge in [0.25, 0.3) is 0 Å². The molecule has 0 aliphatic rings. The minimum absolute atomic E-state index is 0.223. The summed E-state index contributed by atoms with van der Waals surface area (Å²) in [6.07, 6.45) is 0. The van der Waals surface area contributed by atoms with Crippen molar-refractivity contribution in [3.63, 3.8) is 0 Å². The van der Waals surface area contributed by atoms with Crippen molar-refractivity contribution in [1.29, 1.82) is 0 Å². The van der Waals surface area contributed by atoms with Gasteiger partial charge in [-0.2, -0.15) is 0 Å². The molecule has 0 saturated heterocycles. The van der Waals surface area contributed by atoms with Crippen molar-refractivity contribution in [2.24, 2.45) is 0 Å². The summed E-state index contributed by atoms with van der Waals surface area (Å²) in [4.78, 5) is 0. The number of fused-ring (bicyclic) bond motifs is 3. The normalized spacial score (nSPS) is 10.9. The molecule has 6 aromatic rings. The van der Waals surface area contributed by atoms with E-state index in [2.05, 4.69) is 77.1 Å². The predicted molar refractivity (Wildman–Crippen MR) is 143 cm³/mol. The van der Waals surface area contributed by atoms with Gasteiger partial charge in [-0.05, 0) is 58.3 Å². The van der Waals surface area contributed by atoms with Gasteiger partial charge in [0.1, 0.15) is 5.82 Å². The van der Waals surface area contributed by atoms with E-state index in [9.17, 15) is 4.39 Å². The summed E-state index contributed by atoms with van der Waals surface area (Å²) in [6, 6.07) is 40.2. The maximum Gasteiger partial charge on any atom is 0.123 e. The Bertz CT molecular complexity index is 1700. The molecule has 166 valence electrons. The molecule has 0 aliphatic carbocycles. The number of rotatable bonds is 3. The average molecular weight is 452 g/mol. The quantitative estimate of drug-likeness (QED) is 0.240. The minimum atomic E-state index is -0.223. The predicted octanol–water partition coefficient (Wildman–Crippen LogP) is 8.05. The number of aromatic nitrogens is 1. The number of nitrogens with zero attached hydrogens (tertiary/aromatic N) is 1. The van der Waals surface area contributed by atoms with Gasteiger partial charge in [0.15, 0.2) is 0 Å². The SMILES string of the molecule is Fc1ccc(Cn2c(-c3ccccc3)cc3c4ccccc4c(C#Cc4ccccc4)cc32)cc1. The minimum Gasteiger partial charge on any atom is -0.336 e. The molecule has 0 aliphatic heterocycles. The van der Waals surface area contributed by atoms with Crippen LogP contribution in [0, 0.1) is 17.7 Å². The third-order valence-electron chi connectivity index (χ3n) is 6.37.